The monoisotopic (exact) mass is 163 g/mol. The zero-order chi connectivity index (χ0) is 8.65. The minimum atomic E-state index is -1.80. The second kappa shape index (κ2) is 2.37. The maximum Gasteiger partial charge on any atom is 0.145 e. The van der Waals surface area contributed by atoms with E-state index in [1.54, 1.807) is 0 Å². The summed E-state index contributed by atoms with van der Waals surface area (Å²) >= 11 is 0. The molecular formula is C7H8F3N. The Morgan fingerprint density at radius 2 is 2.09 bits per heavy atom. The van der Waals surface area contributed by atoms with E-state index in [-0.39, 0.29) is 0 Å². The van der Waals surface area contributed by atoms with Gasteiger partial charge in [0.2, 0.25) is 0 Å². The third kappa shape index (κ3) is 1.30. The Kier molecular flexibility index (Phi) is 1.80. The highest BCUT2D eigenvalue weighted by molar-refractivity contribution is 5.31. The van der Waals surface area contributed by atoms with Crippen LogP contribution < -0.4 is 5.73 Å². The molecule has 0 saturated heterocycles. The molecule has 0 fully saturated rings. The van der Waals surface area contributed by atoms with Crippen molar-refractivity contribution < 1.29 is 13.2 Å². The van der Waals surface area contributed by atoms with Gasteiger partial charge in [0.1, 0.15) is 23.4 Å². The van der Waals surface area contributed by atoms with E-state index in [1.165, 1.54) is 6.92 Å². The molecule has 0 radical (unpaired) electrons. The molecule has 1 nitrogen and oxygen atoms in total. The van der Waals surface area contributed by atoms with Gasteiger partial charge in [-0.25, -0.2) is 13.2 Å². The number of allylic oxidation sites excluding steroid dienone is 2. The van der Waals surface area contributed by atoms with Crippen molar-refractivity contribution in [2.75, 3.05) is 0 Å². The summed E-state index contributed by atoms with van der Waals surface area (Å²) in [6.07, 6.45) is -0.549. The lowest BCUT2D eigenvalue weighted by atomic mass is 9.91. The molecule has 0 aliphatic heterocycles. The van der Waals surface area contributed by atoms with Crippen LogP contribution in [-0.4, -0.2) is 11.7 Å². The summed E-state index contributed by atoms with van der Waals surface area (Å²) in [6.45, 7) is 1.17. The van der Waals surface area contributed by atoms with Crippen molar-refractivity contribution >= 4 is 0 Å². The summed E-state index contributed by atoms with van der Waals surface area (Å²) < 4.78 is 37.7. The molecule has 1 rings (SSSR count). The van der Waals surface area contributed by atoms with Crippen LogP contribution in [-0.2, 0) is 0 Å². The zero-order valence-electron chi connectivity index (χ0n) is 5.94. The van der Waals surface area contributed by atoms with Crippen LogP contribution in [0, 0.1) is 0 Å². The fraction of sp³-hybridized carbons (Fsp3) is 0.429. The van der Waals surface area contributed by atoms with E-state index in [2.05, 4.69) is 0 Å². The van der Waals surface area contributed by atoms with Crippen LogP contribution in [0.25, 0.3) is 0 Å². The Morgan fingerprint density at radius 1 is 1.55 bits per heavy atom. The van der Waals surface area contributed by atoms with Gasteiger partial charge in [0, 0.05) is 6.08 Å². The summed E-state index contributed by atoms with van der Waals surface area (Å²) in [7, 11) is 0. The molecule has 62 valence electrons. The summed E-state index contributed by atoms with van der Waals surface area (Å²) in [5.41, 5.74) is 3.48. The Bertz CT molecular complexity index is 230. The first kappa shape index (κ1) is 8.33. The van der Waals surface area contributed by atoms with Crippen LogP contribution in [0.15, 0.2) is 23.8 Å². The Labute approximate surface area is 62.4 Å². The second-order valence-corrected chi connectivity index (χ2v) is 2.73. The fourth-order valence-electron chi connectivity index (χ4n) is 0.769. The minimum Gasteiger partial charge on any atom is -0.317 e. The molecule has 2 unspecified atom stereocenters. The molecule has 2 N–H and O–H groups in total. The second-order valence-electron chi connectivity index (χ2n) is 2.73. The largest absolute Gasteiger partial charge is 0.317 e. The maximum absolute atomic E-state index is 12.7. The molecule has 0 aromatic carbocycles. The molecule has 0 aromatic heterocycles. The molecule has 11 heavy (non-hydrogen) atoms. The standard InChI is InChI=1S/C7H8F3N/c1-7(11)5(9)2-4(8)3-6(7)10/h2-3,5H,11H2,1H3. The van der Waals surface area contributed by atoms with E-state index in [1.807, 2.05) is 0 Å². The quantitative estimate of drug-likeness (QED) is 0.578. The molecular weight excluding hydrogens is 155 g/mol. The predicted octanol–water partition coefficient (Wildman–Crippen LogP) is 1.76. The van der Waals surface area contributed by atoms with Crippen molar-refractivity contribution in [2.24, 2.45) is 5.73 Å². The van der Waals surface area contributed by atoms with Gasteiger partial charge in [0.15, 0.2) is 0 Å². The van der Waals surface area contributed by atoms with Gasteiger partial charge >= 0.3 is 0 Å². The average molecular weight is 163 g/mol. The normalized spacial score (nSPS) is 38.1. The van der Waals surface area contributed by atoms with E-state index in [4.69, 9.17) is 5.73 Å². The summed E-state index contributed by atoms with van der Waals surface area (Å²) in [4.78, 5) is 0. The lowest BCUT2D eigenvalue weighted by Crippen LogP contribution is -2.47. The lowest BCUT2D eigenvalue weighted by molar-refractivity contribution is 0.244. The zero-order valence-corrected chi connectivity index (χ0v) is 5.94. The van der Waals surface area contributed by atoms with Gasteiger partial charge in [0.05, 0.1) is 0 Å². The first-order valence-corrected chi connectivity index (χ1v) is 3.12. The highest BCUT2D eigenvalue weighted by Crippen LogP contribution is 2.29. The van der Waals surface area contributed by atoms with Crippen LogP contribution >= 0.6 is 0 Å². The number of halogens is 3. The number of rotatable bonds is 0. The number of hydrogen-bond acceptors (Lipinski definition) is 1. The van der Waals surface area contributed by atoms with Gasteiger partial charge in [-0.15, -0.1) is 0 Å². The average Bonchev–Trinajstić information content (AvgIpc) is 1.84. The van der Waals surface area contributed by atoms with Crippen LogP contribution in [0.5, 0.6) is 0 Å². The molecule has 1 aliphatic rings. The van der Waals surface area contributed by atoms with Gasteiger partial charge in [-0.1, -0.05) is 0 Å². The van der Waals surface area contributed by atoms with Crippen LogP contribution in [0.3, 0.4) is 0 Å². The van der Waals surface area contributed by atoms with Crippen LogP contribution in [0.2, 0.25) is 0 Å². The summed E-state index contributed by atoms with van der Waals surface area (Å²) in [6, 6.07) is 0. The van der Waals surface area contributed by atoms with Crippen molar-refractivity contribution in [1.29, 1.82) is 0 Å². The number of nitrogens with two attached hydrogens (primary N) is 1. The molecule has 2 atom stereocenters. The Balaban J connectivity index is 3.01. The van der Waals surface area contributed by atoms with Crippen molar-refractivity contribution in [3.8, 4) is 0 Å². The summed E-state index contributed by atoms with van der Waals surface area (Å²) in [5, 5.41) is 0. The number of hydrogen-bond donors (Lipinski definition) is 1. The van der Waals surface area contributed by atoms with Crippen LogP contribution in [0.4, 0.5) is 13.2 Å². The van der Waals surface area contributed by atoms with E-state index in [9.17, 15) is 13.2 Å². The topological polar surface area (TPSA) is 26.0 Å². The van der Waals surface area contributed by atoms with Gasteiger partial charge in [0.25, 0.3) is 0 Å². The SMILES string of the molecule is CC1(N)C(F)=CC(F)=CC1F. The lowest BCUT2D eigenvalue weighted by Gasteiger charge is -2.27. The van der Waals surface area contributed by atoms with Gasteiger partial charge < -0.3 is 5.73 Å². The minimum absolute atomic E-state index is 0.593. The smallest absolute Gasteiger partial charge is 0.145 e. The van der Waals surface area contributed by atoms with E-state index in [0.717, 1.165) is 0 Å². The molecule has 0 spiro atoms. The van der Waals surface area contributed by atoms with Crippen LogP contribution in [0.1, 0.15) is 6.92 Å². The van der Waals surface area contributed by atoms with Crippen molar-refractivity contribution in [3.63, 3.8) is 0 Å². The number of alkyl halides is 1. The van der Waals surface area contributed by atoms with E-state index in [0.29, 0.717) is 12.2 Å². The molecule has 0 amide bonds. The first-order valence-electron chi connectivity index (χ1n) is 3.12. The van der Waals surface area contributed by atoms with Gasteiger partial charge in [-0.3, -0.25) is 0 Å². The maximum atomic E-state index is 12.7. The molecule has 0 heterocycles. The Hall–Kier alpha value is -0.770. The third-order valence-corrected chi connectivity index (χ3v) is 1.66. The van der Waals surface area contributed by atoms with Crippen molar-refractivity contribution in [3.05, 3.63) is 23.8 Å². The van der Waals surface area contributed by atoms with E-state index < -0.39 is 23.4 Å². The Morgan fingerprint density at radius 3 is 2.55 bits per heavy atom. The molecule has 0 bridgehead atoms. The first-order chi connectivity index (χ1) is 4.94. The van der Waals surface area contributed by atoms with Crippen molar-refractivity contribution in [2.45, 2.75) is 18.6 Å². The predicted molar refractivity (Wildman–Crippen MR) is 35.9 cm³/mol. The molecule has 0 saturated carbocycles. The highest BCUT2D eigenvalue weighted by Gasteiger charge is 2.36. The molecule has 4 heteroatoms. The van der Waals surface area contributed by atoms with Gasteiger partial charge in [-0.05, 0) is 13.0 Å². The molecule has 0 aromatic rings. The summed E-state index contributed by atoms with van der Waals surface area (Å²) in [5.74, 6) is -1.89. The highest BCUT2D eigenvalue weighted by atomic mass is 19.2. The third-order valence-electron chi connectivity index (χ3n) is 1.66. The van der Waals surface area contributed by atoms with Gasteiger partial charge in [-0.2, -0.15) is 0 Å². The van der Waals surface area contributed by atoms with Crippen molar-refractivity contribution in [1.82, 2.24) is 0 Å². The van der Waals surface area contributed by atoms with E-state index >= 15 is 0 Å². The fourth-order valence-corrected chi connectivity index (χ4v) is 0.769. The molecule has 1 aliphatic carbocycles.